The molecule has 1 heterocycles. The molecule has 3 N–H and O–H groups in total. The van der Waals surface area contributed by atoms with Crippen molar-refractivity contribution in [3.63, 3.8) is 0 Å². The second kappa shape index (κ2) is 4.59. The maximum absolute atomic E-state index is 11.2. The van der Waals surface area contributed by atoms with E-state index in [-0.39, 0.29) is 11.6 Å². The molecule has 18 heavy (non-hydrogen) atoms. The summed E-state index contributed by atoms with van der Waals surface area (Å²) < 4.78 is 0. The van der Waals surface area contributed by atoms with Crippen LogP contribution in [0.3, 0.4) is 0 Å². The largest absolute Gasteiger partial charge is 0.481 e. The average molecular weight is 250 g/mol. The molecule has 1 amide bonds. The van der Waals surface area contributed by atoms with Crippen LogP contribution in [0.5, 0.6) is 0 Å². The molecule has 0 unspecified atom stereocenters. The van der Waals surface area contributed by atoms with E-state index in [2.05, 4.69) is 20.8 Å². The second-order valence-corrected chi connectivity index (χ2v) is 4.32. The van der Waals surface area contributed by atoms with Gasteiger partial charge in [0, 0.05) is 13.6 Å². The summed E-state index contributed by atoms with van der Waals surface area (Å²) in [4.78, 5) is 22.2. The minimum Gasteiger partial charge on any atom is -0.481 e. The first-order valence-corrected chi connectivity index (χ1v) is 5.60. The van der Waals surface area contributed by atoms with Gasteiger partial charge in [-0.05, 0) is 25.0 Å². The van der Waals surface area contributed by atoms with E-state index in [9.17, 15) is 9.59 Å². The predicted molar refractivity (Wildman–Crippen MR) is 63.2 cm³/mol. The van der Waals surface area contributed by atoms with Gasteiger partial charge in [0.1, 0.15) is 5.82 Å². The number of carbonyl (C=O) groups excluding carboxylic acids is 1. The lowest BCUT2D eigenvalue weighted by atomic mass is 10.1. The molecule has 1 aromatic heterocycles. The molecule has 0 radical (unpaired) electrons. The van der Waals surface area contributed by atoms with Crippen molar-refractivity contribution in [2.24, 2.45) is 5.41 Å². The van der Waals surface area contributed by atoms with E-state index in [0.29, 0.717) is 25.2 Å². The second-order valence-electron chi connectivity index (χ2n) is 4.32. The smallest absolute Gasteiger partial charge is 0.311 e. The number of carboxylic acids is 1. The third kappa shape index (κ3) is 2.39. The first kappa shape index (κ1) is 12.3. The van der Waals surface area contributed by atoms with E-state index in [1.54, 1.807) is 6.07 Å². The summed E-state index contributed by atoms with van der Waals surface area (Å²) in [6, 6.07) is 3.14. The van der Waals surface area contributed by atoms with E-state index in [1.165, 1.54) is 13.1 Å². The molecular formula is C11H14N4O3. The molecule has 1 fully saturated rings. The van der Waals surface area contributed by atoms with Crippen molar-refractivity contribution in [2.45, 2.75) is 12.8 Å². The van der Waals surface area contributed by atoms with E-state index >= 15 is 0 Å². The number of carbonyl (C=O) groups is 2. The summed E-state index contributed by atoms with van der Waals surface area (Å²) in [5, 5.41) is 21.9. The standard InChI is InChI=1S/C11H14N4O3/c1-12-9(16)7-2-3-8(15-14-7)13-6-11(4-5-11)10(17)18/h2-3H,4-6H2,1H3,(H,12,16)(H,13,15)(H,17,18). The zero-order valence-electron chi connectivity index (χ0n) is 9.93. The van der Waals surface area contributed by atoms with Gasteiger partial charge in [-0.3, -0.25) is 9.59 Å². The summed E-state index contributed by atoms with van der Waals surface area (Å²) in [5.41, 5.74) is -0.427. The number of anilines is 1. The minimum absolute atomic E-state index is 0.224. The Bertz CT molecular complexity index is 468. The van der Waals surface area contributed by atoms with Gasteiger partial charge >= 0.3 is 5.97 Å². The molecule has 96 valence electrons. The zero-order valence-corrected chi connectivity index (χ0v) is 9.93. The average Bonchev–Trinajstić information content (AvgIpc) is 3.17. The Morgan fingerprint density at radius 1 is 1.39 bits per heavy atom. The van der Waals surface area contributed by atoms with Crippen LogP contribution < -0.4 is 10.6 Å². The van der Waals surface area contributed by atoms with Crippen molar-refractivity contribution < 1.29 is 14.7 Å². The number of hydrogen-bond donors (Lipinski definition) is 3. The molecule has 7 heteroatoms. The molecule has 2 rings (SSSR count). The third-order valence-corrected chi connectivity index (χ3v) is 3.04. The molecule has 0 aromatic carbocycles. The van der Waals surface area contributed by atoms with Gasteiger partial charge in [-0.2, -0.15) is 0 Å². The summed E-state index contributed by atoms with van der Waals surface area (Å²) >= 11 is 0. The van der Waals surface area contributed by atoms with Crippen LogP contribution in [0.2, 0.25) is 0 Å². The molecule has 1 aliphatic carbocycles. The highest BCUT2D eigenvalue weighted by atomic mass is 16.4. The van der Waals surface area contributed by atoms with Crippen molar-refractivity contribution in [1.29, 1.82) is 0 Å². The molecule has 1 aromatic rings. The first-order valence-electron chi connectivity index (χ1n) is 5.60. The fraction of sp³-hybridized carbons (Fsp3) is 0.455. The quantitative estimate of drug-likeness (QED) is 0.685. The van der Waals surface area contributed by atoms with Gasteiger partial charge in [-0.15, -0.1) is 10.2 Å². The van der Waals surface area contributed by atoms with Crippen molar-refractivity contribution in [3.05, 3.63) is 17.8 Å². The van der Waals surface area contributed by atoms with Crippen molar-refractivity contribution in [2.75, 3.05) is 18.9 Å². The molecule has 0 bridgehead atoms. The van der Waals surface area contributed by atoms with Crippen molar-refractivity contribution >= 4 is 17.7 Å². The van der Waals surface area contributed by atoms with Crippen LogP contribution in [0.25, 0.3) is 0 Å². The Labute approximate surface area is 104 Å². The molecule has 0 atom stereocenters. The van der Waals surface area contributed by atoms with E-state index in [1.807, 2.05) is 0 Å². The highest BCUT2D eigenvalue weighted by Crippen LogP contribution is 2.45. The minimum atomic E-state index is -0.787. The van der Waals surface area contributed by atoms with Gasteiger partial charge < -0.3 is 15.7 Å². The van der Waals surface area contributed by atoms with Crippen LogP contribution in [0.1, 0.15) is 23.3 Å². The molecular weight excluding hydrogens is 236 g/mol. The molecule has 1 aliphatic rings. The molecule has 7 nitrogen and oxygen atoms in total. The molecule has 0 aliphatic heterocycles. The van der Waals surface area contributed by atoms with E-state index in [4.69, 9.17) is 5.11 Å². The van der Waals surface area contributed by atoms with Gasteiger partial charge in [-0.1, -0.05) is 0 Å². The molecule has 1 saturated carbocycles. The lowest BCUT2D eigenvalue weighted by molar-refractivity contribution is -0.142. The maximum atomic E-state index is 11.2. The fourth-order valence-electron chi connectivity index (χ4n) is 1.55. The lowest BCUT2D eigenvalue weighted by Gasteiger charge is -2.11. The van der Waals surface area contributed by atoms with Crippen LogP contribution in [-0.4, -0.2) is 40.8 Å². The number of carboxylic acid groups (broad SMARTS) is 1. The number of nitrogens with one attached hydrogen (secondary N) is 2. The number of nitrogens with zero attached hydrogens (tertiary/aromatic N) is 2. The molecule has 0 spiro atoms. The van der Waals surface area contributed by atoms with Crippen LogP contribution in [0, 0.1) is 5.41 Å². The van der Waals surface area contributed by atoms with Crippen molar-refractivity contribution in [3.8, 4) is 0 Å². The SMILES string of the molecule is CNC(=O)c1ccc(NCC2(C(=O)O)CC2)nn1. The number of hydrogen-bond acceptors (Lipinski definition) is 5. The van der Waals surface area contributed by atoms with Crippen LogP contribution in [0.15, 0.2) is 12.1 Å². The monoisotopic (exact) mass is 250 g/mol. The van der Waals surface area contributed by atoms with Gasteiger partial charge in [-0.25, -0.2) is 0 Å². The van der Waals surface area contributed by atoms with Gasteiger partial charge in [0.05, 0.1) is 5.41 Å². The van der Waals surface area contributed by atoms with Crippen LogP contribution >= 0.6 is 0 Å². The van der Waals surface area contributed by atoms with Gasteiger partial charge in [0.15, 0.2) is 5.69 Å². The summed E-state index contributed by atoms with van der Waals surface area (Å²) in [6.07, 6.45) is 1.36. The number of aromatic nitrogens is 2. The first-order chi connectivity index (χ1) is 8.57. The van der Waals surface area contributed by atoms with E-state index < -0.39 is 11.4 Å². The fourth-order valence-corrected chi connectivity index (χ4v) is 1.55. The highest BCUT2D eigenvalue weighted by molar-refractivity contribution is 5.91. The van der Waals surface area contributed by atoms with Gasteiger partial charge in [0.25, 0.3) is 5.91 Å². The highest BCUT2D eigenvalue weighted by Gasteiger charge is 2.50. The Hall–Kier alpha value is -2.18. The Morgan fingerprint density at radius 3 is 2.56 bits per heavy atom. The maximum Gasteiger partial charge on any atom is 0.311 e. The summed E-state index contributed by atoms with van der Waals surface area (Å²) in [7, 11) is 1.51. The number of rotatable bonds is 5. The van der Waals surface area contributed by atoms with Crippen molar-refractivity contribution in [1.82, 2.24) is 15.5 Å². The summed E-state index contributed by atoms with van der Waals surface area (Å²) in [6.45, 7) is 0.330. The van der Waals surface area contributed by atoms with E-state index in [0.717, 1.165) is 0 Å². The Morgan fingerprint density at radius 2 is 2.11 bits per heavy atom. The van der Waals surface area contributed by atoms with Crippen LogP contribution in [0.4, 0.5) is 5.82 Å². The molecule has 0 saturated heterocycles. The van der Waals surface area contributed by atoms with Crippen LogP contribution in [-0.2, 0) is 4.79 Å². The lowest BCUT2D eigenvalue weighted by Crippen LogP contribution is -2.25. The number of amides is 1. The third-order valence-electron chi connectivity index (χ3n) is 3.04. The predicted octanol–water partition coefficient (Wildman–Crippen LogP) is 0.113. The summed E-state index contributed by atoms with van der Waals surface area (Å²) in [5.74, 6) is -0.627. The normalized spacial score (nSPS) is 15.8. The number of aliphatic carboxylic acids is 1. The Kier molecular flexibility index (Phi) is 3.14. The van der Waals surface area contributed by atoms with Gasteiger partial charge in [0.2, 0.25) is 0 Å². The topological polar surface area (TPSA) is 104 Å². The Balaban J connectivity index is 1.95. The zero-order chi connectivity index (χ0) is 13.2.